The molecular formula is C18H19N3O4. The van der Waals surface area contributed by atoms with E-state index in [9.17, 15) is 19.8 Å². The molecule has 25 heavy (non-hydrogen) atoms. The highest BCUT2D eigenvalue weighted by Crippen LogP contribution is 2.32. The van der Waals surface area contributed by atoms with Gasteiger partial charge in [0.25, 0.3) is 5.91 Å². The van der Waals surface area contributed by atoms with E-state index in [2.05, 4.69) is 0 Å². The minimum absolute atomic E-state index is 0.0175. The van der Waals surface area contributed by atoms with Crippen LogP contribution in [0.4, 0.5) is 0 Å². The Labute approximate surface area is 144 Å². The smallest absolute Gasteiger partial charge is 0.277 e. The monoisotopic (exact) mass is 341 g/mol. The van der Waals surface area contributed by atoms with Crippen LogP contribution in [-0.4, -0.2) is 45.0 Å². The summed E-state index contributed by atoms with van der Waals surface area (Å²) in [5.74, 6) is -0.928. The van der Waals surface area contributed by atoms with Crippen LogP contribution >= 0.6 is 0 Å². The molecule has 1 aromatic heterocycles. The Morgan fingerprint density at radius 3 is 2.60 bits per heavy atom. The number of pyridine rings is 1. The van der Waals surface area contributed by atoms with Crippen molar-refractivity contribution < 1.29 is 15.0 Å². The van der Waals surface area contributed by atoms with Crippen LogP contribution < -0.4 is 10.4 Å². The maximum Gasteiger partial charge on any atom is 0.277 e. The van der Waals surface area contributed by atoms with E-state index in [0.717, 1.165) is 5.56 Å². The molecule has 4 rings (SSSR count). The minimum Gasteiger partial charge on any atom is -0.502 e. The van der Waals surface area contributed by atoms with Crippen molar-refractivity contribution >= 4 is 5.91 Å². The molecule has 2 aliphatic heterocycles. The summed E-state index contributed by atoms with van der Waals surface area (Å²) in [6, 6.07) is 10.8. The number of carbonyl (C=O) groups excluding carboxylic acids is 1. The number of aromatic nitrogens is 1. The zero-order valence-electron chi connectivity index (χ0n) is 13.6. The predicted octanol–water partition coefficient (Wildman–Crippen LogP) is 0.801. The number of carbonyl (C=O) groups is 1. The maximum atomic E-state index is 12.7. The first-order chi connectivity index (χ1) is 12.1. The van der Waals surface area contributed by atoms with E-state index in [4.69, 9.17) is 0 Å². The quantitative estimate of drug-likeness (QED) is 0.801. The van der Waals surface area contributed by atoms with Gasteiger partial charge in [0.15, 0.2) is 11.4 Å². The number of aliphatic hydroxyl groups is 1. The van der Waals surface area contributed by atoms with Gasteiger partial charge in [0, 0.05) is 18.8 Å². The fourth-order valence-corrected chi connectivity index (χ4v) is 3.59. The Balaban J connectivity index is 1.90. The van der Waals surface area contributed by atoms with Crippen molar-refractivity contribution in [3.05, 3.63) is 64.1 Å². The standard InChI is InChI=1S/C18H19N3O4/c22-13-6-8-19-11-21(14(10-13)12-4-2-1-3-5-12)20-9-7-15(23)17(24)16(20)18(19)25/h1-5,7,9,13-14,22,24H,6,8,10-11H2. The van der Waals surface area contributed by atoms with Crippen LogP contribution in [0, 0.1) is 0 Å². The molecule has 2 N–H and O–H groups in total. The molecule has 1 saturated heterocycles. The molecule has 1 amide bonds. The lowest BCUT2D eigenvalue weighted by molar-refractivity contribution is 0.0539. The van der Waals surface area contributed by atoms with Gasteiger partial charge in [-0.3, -0.25) is 19.3 Å². The van der Waals surface area contributed by atoms with Crippen molar-refractivity contribution in [2.45, 2.75) is 25.0 Å². The summed E-state index contributed by atoms with van der Waals surface area (Å²) < 4.78 is 1.55. The summed E-state index contributed by atoms with van der Waals surface area (Å²) in [7, 11) is 0. The molecule has 2 aliphatic rings. The van der Waals surface area contributed by atoms with Gasteiger partial charge >= 0.3 is 0 Å². The molecule has 0 aliphatic carbocycles. The van der Waals surface area contributed by atoms with Crippen molar-refractivity contribution in [2.24, 2.45) is 0 Å². The zero-order chi connectivity index (χ0) is 17.6. The second-order valence-electron chi connectivity index (χ2n) is 6.48. The van der Waals surface area contributed by atoms with Crippen LogP contribution in [0.25, 0.3) is 0 Å². The van der Waals surface area contributed by atoms with E-state index in [1.54, 1.807) is 9.58 Å². The average molecular weight is 341 g/mol. The number of hydrogen-bond acceptors (Lipinski definition) is 5. The number of nitrogens with zero attached hydrogens (tertiary/aromatic N) is 3. The fraction of sp³-hybridized carbons (Fsp3) is 0.333. The van der Waals surface area contributed by atoms with Gasteiger partial charge in [-0.2, -0.15) is 0 Å². The highest BCUT2D eigenvalue weighted by Gasteiger charge is 2.38. The van der Waals surface area contributed by atoms with Gasteiger partial charge < -0.3 is 15.1 Å². The first-order valence-electron chi connectivity index (χ1n) is 8.30. The highest BCUT2D eigenvalue weighted by molar-refractivity contribution is 5.96. The minimum atomic E-state index is -0.574. The number of hydrogen-bond donors (Lipinski definition) is 2. The molecule has 7 nitrogen and oxygen atoms in total. The van der Waals surface area contributed by atoms with Gasteiger partial charge in [-0.1, -0.05) is 30.3 Å². The summed E-state index contributed by atoms with van der Waals surface area (Å²) >= 11 is 0. The van der Waals surface area contributed by atoms with Gasteiger partial charge in [-0.05, 0) is 18.4 Å². The van der Waals surface area contributed by atoms with E-state index < -0.39 is 23.2 Å². The van der Waals surface area contributed by atoms with Crippen molar-refractivity contribution in [1.29, 1.82) is 0 Å². The number of amides is 1. The lowest BCUT2D eigenvalue weighted by Crippen LogP contribution is -2.57. The summed E-state index contributed by atoms with van der Waals surface area (Å²) in [6.45, 7) is 0.709. The van der Waals surface area contributed by atoms with Gasteiger partial charge in [-0.15, -0.1) is 0 Å². The maximum absolute atomic E-state index is 12.7. The summed E-state index contributed by atoms with van der Waals surface area (Å²) in [4.78, 5) is 26.1. The van der Waals surface area contributed by atoms with Gasteiger partial charge in [-0.25, -0.2) is 0 Å². The molecule has 1 fully saturated rings. The fourth-order valence-electron chi connectivity index (χ4n) is 3.59. The third-order valence-corrected chi connectivity index (χ3v) is 4.91. The molecule has 0 spiro atoms. The summed E-state index contributed by atoms with van der Waals surface area (Å²) in [5.41, 5.74) is 0.410. The number of aliphatic hydroxyl groups excluding tert-OH is 1. The Morgan fingerprint density at radius 1 is 1.08 bits per heavy atom. The van der Waals surface area contributed by atoms with E-state index in [0.29, 0.717) is 26.1 Å². The number of aromatic hydroxyl groups is 1. The largest absolute Gasteiger partial charge is 0.502 e. The van der Waals surface area contributed by atoms with Gasteiger partial charge in [0.2, 0.25) is 5.43 Å². The number of rotatable bonds is 1. The Bertz CT molecular complexity index is 864. The Hall–Kier alpha value is -2.80. The SMILES string of the molecule is O=C1c2c(O)c(=O)ccn2N2CN1CCC(O)CC2c1ccccc1. The summed E-state index contributed by atoms with van der Waals surface area (Å²) in [5, 5.41) is 22.5. The molecule has 3 heterocycles. The van der Waals surface area contributed by atoms with E-state index >= 15 is 0 Å². The molecule has 2 unspecified atom stereocenters. The molecule has 0 radical (unpaired) electrons. The molecule has 0 saturated carbocycles. The molecule has 7 heteroatoms. The predicted molar refractivity (Wildman–Crippen MR) is 90.9 cm³/mol. The highest BCUT2D eigenvalue weighted by atomic mass is 16.3. The Kier molecular flexibility index (Phi) is 3.73. The second-order valence-corrected chi connectivity index (χ2v) is 6.48. The van der Waals surface area contributed by atoms with Crippen molar-refractivity contribution in [1.82, 2.24) is 9.58 Å². The lowest BCUT2D eigenvalue weighted by Gasteiger charge is -2.46. The van der Waals surface area contributed by atoms with E-state index in [1.807, 2.05) is 35.3 Å². The van der Waals surface area contributed by atoms with Crippen molar-refractivity contribution in [3.8, 4) is 5.75 Å². The third kappa shape index (κ3) is 2.56. The molecular weight excluding hydrogens is 322 g/mol. The molecule has 2 bridgehead atoms. The van der Waals surface area contributed by atoms with E-state index in [1.165, 1.54) is 12.3 Å². The molecule has 1 aromatic carbocycles. The van der Waals surface area contributed by atoms with Crippen molar-refractivity contribution in [3.63, 3.8) is 0 Å². The van der Waals surface area contributed by atoms with Crippen LogP contribution in [0.1, 0.15) is 34.9 Å². The van der Waals surface area contributed by atoms with Gasteiger partial charge in [0.1, 0.15) is 6.67 Å². The summed E-state index contributed by atoms with van der Waals surface area (Å²) in [6.07, 6.45) is 1.92. The van der Waals surface area contributed by atoms with Crippen LogP contribution in [-0.2, 0) is 0 Å². The van der Waals surface area contributed by atoms with Crippen molar-refractivity contribution in [2.75, 3.05) is 18.2 Å². The molecule has 2 atom stereocenters. The van der Waals surface area contributed by atoms with Crippen LogP contribution in [0.2, 0.25) is 0 Å². The second kappa shape index (κ2) is 5.93. The zero-order valence-corrected chi connectivity index (χ0v) is 13.6. The lowest BCUT2D eigenvalue weighted by atomic mass is 9.97. The molecule has 130 valence electrons. The number of fused-ring (bicyclic) bond motifs is 4. The topological polar surface area (TPSA) is 86.0 Å². The van der Waals surface area contributed by atoms with Gasteiger partial charge in [0.05, 0.1) is 12.1 Å². The first kappa shape index (κ1) is 15.7. The molecule has 2 aromatic rings. The average Bonchev–Trinajstić information content (AvgIpc) is 2.61. The Morgan fingerprint density at radius 2 is 1.84 bits per heavy atom. The van der Waals surface area contributed by atoms with Crippen LogP contribution in [0.3, 0.4) is 0 Å². The number of benzene rings is 1. The van der Waals surface area contributed by atoms with E-state index in [-0.39, 0.29) is 11.7 Å². The first-order valence-corrected chi connectivity index (χ1v) is 8.30. The van der Waals surface area contributed by atoms with Crippen LogP contribution in [0.5, 0.6) is 5.75 Å². The third-order valence-electron chi connectivity index (χ3n) is 4.91. The normalized spacial score (nSPS) is 23.0. The van der Waals surface area contributed by atoms with Crippen LogP contribution in [0.15, 0.2) is 47.4 Å².